The van der Waals surface area contributed by atoms with Crippen molar-refractivity contribution in [1.29, 1.82) is 0 Å². The molecule has 0 saturated heterocycles. The fraction of sp³-hybridized carbons (Fsp3) is 0.500. The SMILES string of the molecule is CN=C(NCCNC(=O)c1ccc(C)c(F)c1)NCC(C)C. The minimum Gasteiger partial charge on any atom is -0.356 e. The van der Waals surface area contributed by atoms with E-state index in [9.17, 15) is 9.18 Å². The number of nitrogens with zero attached hydrogens (tertiary/aromatic N) is 1. The van der Waals surface area contributed by atoms with Crippen molar-refractivity contribution in [3.8, 4) is 0 Å². The van der Waals surface area contributed by atoms with Crippen LogP contribution in [0.5, 0.6) is 0 Å². The van der Waals surface area contributed by atoms with Crippen LogP contribution in [0.3, 0.4) is 0 Å². The Morgan fingerprint density at radius 3 is 2.50 bits per heavy atom. The lowest BCUT2D eigenvalue weighted by atomic mass is 10.1. The van der Waals surface area contributed by atoms with E-state index in [-0.39, 0.29) is 11.7 Å². The van der Waals surface area contributed by atoms with E-state index >= 15 is 0 Å². The van der Waals surface area contributed by atoms with E-state index in [4.69, 9.17) is 0 Å². The van der Waals surface area contributed by atoms with Gasteiger partial charge in [0.05, 0.1) is 0 Å². The maximum atomic E-state index is 13.4. The summed E-state index contributed by atoms with van der Waals surface area (Å²) < 4.78 is 13.4. The molecule has 0 spiro atoms. The van der Waals surface area contributed by atoms with Crippen LogP contribution in [0.25, 0.3) is 0 Å². The third-order valence-electron chi connectivity index (χ3n) is 3.04. The molecule has 3 N–H and O–H groups in total. The minimum atomic E-state index is -0.371. The maximum Gasteiger partial charge on any atom is 0.251 e. The van der Waals surface area contributed by atoms with E-state index in [1.54, 1.807) is 26.1 Å². The standard InChI is InChI=1S/C16H25FN4O/c1-11(2)10-21-16(18-4)20-8-7-19-15(22)13-6-5-12(3)14(17)9-13/h5-6,9,11H,7-8,10H2,1-4H3,(H,19,22)(H2,18,20,21). The molecule has 122 valence electrons. The van der Waals surface area contributed by atoms with Crippen molar-refractivity contribution in [2.24, 2.45) is 10.9 Å². The van der Waals surface area contributed by atoms with E-state index in [1.807, 2.05) is 0 Å². The highest BCUT2D eigenvalue weighted by Gasteiger charge is 2.07. The molecule has 1 aromatic rings. The van der Waals surface area contributed by atoms with Crippen molar-refractivity contribution in [2.75, 3.05) is 26.7 Å². The molecule has 1 rings (SSSR count). The van der Waals surface area contributed by atoms with Gasteiger partial charge in [0, 0.05) is 32.2 Å². The van der Waals surface area contributed by atoms with Crippen LogP contribution in [-0.2, 0) is 0 Å². The first-order valence-electron chi connectivity index (χ1n) is 7.43. The number of aryl methyl sites for hydroxylation is 1. The number of nitrogens with one attached hydrogen (secondary N) is 3. The van der Waals surface area contributed by atoms with Crippen LogP contribution in [0, 0.1) is 18.7 Å². The molecule has 5 nitrogen and oxygen atoms in total. The summed E-state index contributed by atoms with van der Waals surface area (Å²) in [6.07, 6.45) is 0. The second-order valence-corrected chi connectivity index (χ2v) is 5.49. The number of aliphatic imine (C=N–C) groups is 1. The predicted molar refractivity (Wildman–Crippen MR) is 87.7 cm³/mol. The van der Waals surface area contributed by atoms with Gasteiger partial charge in [0.15, 0.2) is 5.96 Å². The molecule has 1 amide bonds. The average Bonchev–Trinajstić information content (AvgIpc) is 2.48. The topological polar surface area (TPSA) is 65.5 Å². The molecular formula is C16H25FN4O. The van der Waals surface area contributed by atoms with Gasteiger partial charge in [-0.1, -0.05) is 19.9 Å². The monoisotopic (exact) mass is 308 g/mol. The van der Waals surface area contributed by atoms with Gasteiger partial charge in [-0.15, -0.1) is 0 Å². The molecule has 0 saturated carbocycles. The van der Waals surface area contributed by atoms with Gasteiger partial charge < -0.3 is 16.0 Å². The summed E-state index contributed by atoms with van der Waals surface area (Å²) in [6.45, 7) is 7.68. The molecule has 0 aromatic heterocycles. The number of carbonyl (C=O) groups is 1. The second-order valence-electron chi connectivity index (χ2n) is 5.49. The molecule has 0 aliphatic rings. The van der Waals surface area contributed by atoms with Crippen molar-refractivity contribution < 1.29 is 9.18 Å². The summed E-state index contributed by atoms with van der Waals surface area (Å²) in [6, 6.07) is 4.46. The number of hydrogen-bond acceptors (Lipinski definition) is 2. The van der Waals surface area contributed by atoms with Gasteiger partial charge in [-0.05, 0) is 30.5 Å². The van der Waals surface area contributed by atoms with Crippen molar-refractivity contribution >= 4 is 11.9 Å². The van der Waals surface area contributed by atoms with Gasteiger partial charge >= 0.3 is 0 Å². The molecular weight excluding hydrogens is 283 g/mol. The van der Waals surface area contributed by atoms with Crippen molar-refractivity contribution in [3.05, 3.63) is 35.1 Å². The van der Waals surface area contributed by atoms with Crippen LogP contribution in [0.4, 0.5) is 4.39 Å². The lowest BCUT2D eigenvalue weighted by Gasteiger charge is -2.13. The Balaban J connectivity index is 2.34. The summed E-state index contributed by atoms with van der Waals surface area (Å²) >= 11 is 0. The van der Waals surface area contributed by atoms with E-state index in [1.165, 1.54) is 6.07 Å². The summed E-state index contributed by atoms with van der Waals surface area (Å²) in [5, 5.41) is 9.02. The van der Waals surface area contributed by atoms with E-state index in [0.29, 0.717) is 36.1 Å². The van der Waals surface area contributed by atoms with Crippen molar-refractivity contribution in [3.63, 3.8) is 0 Å². The Morgan fingerprint density at radius 1 is 1.23 bits per heavy atom. The molecule has 0 heterocycles. The molecule has 0 aliphatic carbocycles. The Morgan fingerprint density at radius 2 is 1.91 bits per heavy atom. The molecule has 6 heteroatoms. The molecule has 0 aliphatic heterocycles. The highest BCUT2D eigenvalue weighted by molar-refractivity contribution is 5.94. The fourth-order valence-electron chi connectivity index (χ4n) is 1.71. The molecule has 1 aromatic carbocycles. The first-order chi connectivity index (χ1) is 10.4. The van der Waals surface area contributed by atoms with Gasteiger partial charge in [-0.25, -0.2) is 4.39 Å². The van der Waals surface area contributed by atoms with Crippen LogP contribution in [-0.4, -0.2) is 38.5 Å². The highest BCUT2D eigenvalue weighted by Crippen LogP contribution is 2.08. The molecule has 0 unspecified atom stereocenters. The second kappa shape index (κ2) is 9.02. The van der Waals surface area contributed by atoms with Crippen LogP contribution < -0.4 is 16.0 Å². The number of hydrogen-bond donors (Lipinski definition) is 3. The number of halogens is 1. The summed E-state index contributed by atoms with van der Waals surface area (Å²) in [5.74, 6) is 0.564. The number of carbonyl (C=O) groups excluding carboxylic acids is 1. The molecule has 0 atom stereocenters. The van der Waals surface area contributed by atoms with E-state index in [2.05, 4.69) is 34.8 Å². The van der Waals surface area contributed by atoms with E-state index in [0.717, 1.165) is 6.54 Å². The normalized spacial score (nSPS) is 11.5. The summed E-state index contributed by atoms with van der Waals surface area (Å²) in [7, 11) is 1.70. The smallest absolute Gasteiger partial charge is 0.251 e. The number of amides is 1. The maximum absolute atomic E-state index is 13.4. The van der Waals surface area contributed by atoms with Gasteiger partial charge in [0.25, 0.3) is 5.91 Å². The Bertz CT molecular complexity index is 529. The zero-order valence-corrected chi connectivity index (χ0v) is 13.7. The highest BCUT2D eigenvalue weighted by atomic mass is 19.1. The molecule has 22 heavy (non-hydrogen) atoms. The van der Waals surface area contributed by atoms with Crippen molar-refractivity contribution in [1.82, 2.24) is 16.0 Å². The van der Waals surface area contributed by atoms with Crippen LogP contribution in [0.15, 0.2) is 23.2 Å². The van der Waals surface area contributed by atoms with Gasteiger partial charge in [-0.3, -0.25) is 9.79 Å². The summed E-state index contributed by atoms with van der Waals surface area (Å²) in [4.78, 5) is 16.0. The average molecular weight is 308 g/mol. The molecule has 0 radical (unpaired) electrons. The predicted octanol–water partition coefficient (Wildman–Crippen LogP) is 1.68. The number of benzene rings is 1. The molecule has 0 fully saturated rings. The van der Waals surface area contributed by atoms with Crippen LogP contribution in [0.1, 0.15) is 29.8 Å². The molecule has 0 bridgehead atoms. The lowest BCUT2D eigenvalue weighted by Crippen LogP contribution is -2.42. The quantitative estimate of drug-likeness (QED) is 0.426. The Hall–Kier alpha value is -2.11. The van der Waals surface area contributed by atoms with Gasteiger partial charge in [0.2, 0.25) is 0 Å². The van der Waals surface area contributed by atoms with Crippen LogP contribution in [0.2, 0.25) is 0 Å². The van der Waals surface area contributed by atoms with Crippen LogP contribution >= 0.6 is 0 Å². The Kier molecular flexibility index (Phi) is 7.36. The van der Waals surface area contributed by atoms with Crippen molar-refractivity contribution in [2.45, 2.75) is 20.8 Å². The largest absolute Gasteiger partial charge is 0.356 e. The Labute approximate surface area is 131 Å². The number of guanidine groups is 1. The number of rotatable bonds is 6. The third-order valence-corrected chi connectivity index (χ3v) is 3.04. The first-order valence-corrected chi connectivity index (χ1v) is 7.43. The van der Waals surface area contributed by atoms with Gasteiger partial charge in [0.1, 0.15) is 5.82 Å². The lowest BCUT2D eigenvalue weighted by molar-refractivity contribution is 0.0954. The van der Waals surface area contributed by atoms with E-state index < -0.39 is 0 Å². The fourth-order valence-corrected chi connectivity index (χ4v) is 1.71. The first kappa shape index (κ1) is 17.9. The summed E-state index contributed by atoms with van der Waals surface area (Å²) in [5.41, 5.74) is 0.851. The third kappa shape index (κ3) is 6.11. The van der Waals surface area contributed by atoms with Gasteiger partial charge in [-0.2, -0.15) is 0 Å². The zero-order valence-electron chi connectivity index (χ0n) is 13.7. The zero-order chi connectivity index (χ0) is 16.5. The minimum absolute atomic E-state index is 0.286.